The molecule has 4 aliphatic rings. The molecule has 4 rings (SSSR count). The molecule has 3 fully saturated rings. The lowest BCUT2D eigenvalue weighted by Crippen LogP contribution is -2.49. The molecule has 0 bridgehead atoms. The second-order valence-corrected chi connectivity index (χ2v) is 9.33. The van der Waals surface area contributed by atoms with E-state index in [4.69, 9.17) is 0 Å². The third-order valence-electron chi connectivity index (χ3n) is 8.35. The monoisotopic (exact) mass is 326 g/mol. The maximum absolute atomic E-state index is 13.2. The summed E-state index contributed by atoms with van der Waals surface area (Å²) < 4.78 is 39.5. The van der Waals surface area contributed by atoms with Gasteiger partial charge in [0, 0.05) is 0 Å². The molecule has 3 heteroatoms. The van der Waals surface area contributed by atoms with E-state index in [0.29, 0.717) is 17.8 Å². The van der Waals surface area contributed by atoms with Crippen LogP contribution < -0.4 is 0 Å². The summed E-state index contributed by atoms with van der Waals surface area (Å²) in [4.78, 5) is 0. The minimum atomic E-state index is -4.02. The lowest BCUT2D eigenvalue weighted by atomic mass is 9.47. The van der Waals surface area contributed by atoms with E-state index in [-0.39, 0.29) is 11.8 Å². The molecule has 0 aliphatic heterocycles. The first-order chi connectivity index (χ1) is 10.7. The van der Waals surface area contributed by atoms with Crippen molar-refractivity contribution in [3.05, 3.63) is 11.6 Å². The SMILES string of the molecule is C[C@@]12CCC[C@H]1[C@@H]1CC=C3C[C@@H](C(F)(F)F)CC[C@]3(C)[C@H]1CC2. The largest absolute Gasteiger partial charge is 0.392 e. The number of rotatable bonds is 0. The molecule has 0 N–H and O–H groups in total. The highest BCUT2D eigenvalue weighted by Gasteiger charge is 2.57. The van der Waals surface area contributed by atoms with Gasteiger partial charge in [0.25, 0.3) is 0 Å². The predicted octanol–water partition coefficient (Wildman–Crippen LogP) is 6.52. The average Bonchev–Trinajstić information content (AvgIpc) is 2.87. The Balaban J connectivity index is 1.62. The Morgan fingerprint density at radius 3 is 2.52 bits per heavy atom. The number of hydrogen-bond donors (Lipinski definition) is 0. The molecule has 0 amide bonds. The highest BCUT2D eigenvalue weighted by Crippen LogP contribution is 2.65. The smallest absolute Gasteiger partial charge is 0.171 e. The second kappa shape index (κ2) is 5.02. The van der Waals surface area contributed by atoms with Gasteiger partial charge in [-0.2, -0.15) is 13.2 Å². The second-order valence-electron chi connectivity index (χ2n) is 9.33. The third kappa shape index (κ3) is 2.32. The Bertz CT molecular complexity index is 519. The predicted molar refractivity (Wildman–Crippen MR) is 85.9 cm³/mol. The van der Waals surface area contributed by atoms with Crippen LogP contribution in [0.3, 0.4) is 0 Å². The van der Waals surface area contributed by atoms with E-state index in [0.717, 1.165) is 30.3 Å². The summed E-state index contributed by atoms with van der Waals surface area (Å²) >= 11 is 0. The zero-order valence-corrected chi connectivity index (χ0v) is 14.4. The highest BCUT2D eigenvalue weighted by molar-refractivity contribution is 5.25. The van der Waals surface area contributed by atoms with Crippen molar-refractivity contribution in [2.75, 3.05) is 0 Å². The third-order valence-corrected chi connectivity index (χ3v) is 8.35. The number of halogens is 3. The van der Waals surface area contributed by atoms with Gasteiger partial charge < -0.3 is 0 Å². The molecule has 0 heterocycles. The van der Waals surface area contributed by atoms with Crippen LogP contribution in [-0.2, 0) is 0 Å². The molecule has 0 aromatic carbocycles. The van der Waals surface area contributed by atoms with Gasteiger partial charge >= 0.3 is 6.18 Å². The summed E-state index contributed by atoms with van der Waals surface area (Å²) in [5.41, 5.74) is 1.72. The van der Waals surface area contributed by atoms with Crippen molar-refractivity contribution in [1.82, 2.24) is 0 Å². The van der Waals surface area contributed by atoms with Gasteiger partial charge in [0.2, 0.25) is 0 Å². The van der Waals surface area contributed by atoms with Crippen molar-refractivity contribution >= 4 is 0 Å². The van der Waals surface area contributed by atoms with Crippen LogP contribution in [0.2, 0.25) is 0 Å². The molecule has 0 aromatic rings. The molecular weight excluding hydrogens is 297 g/mol. The topological polar surface area (TPSA) is 0 Å². The van der Waals surface area contributed by atoms with Crippen LogP contribution in [0.4, 0.5) is 13.2 Å². The van der Waals surface area contributed by atoms with E-state index in [1.54, 1.807) is 0 Å². The quantitative estimate of drug-likeness (QED) is 0.445. The Kier molecular flexibility index (Phi) is 3.50. The molecule has 0 aromatic heterocycles. The van der Waals surface area contributed by atoms with Crippen molar-refractivity contribution in [1.29, 1.82) is 0 Å². The highest BCUT2D eigenvalue weighted by atomic mass is 19.4. The molecule has 4 aliphatic carbocycles. The van der Waals surface area contributed by atoms with Crippen molar-refractivity contribution in [2.45, 2.75) is 77.8 Å². The van der Waals surface area contributed by atoms with Crippen LogP contribution in [0.1, 0.15) is 71.6 Å². The van der Waals surface area contributed by atoms with E-state index in [2.05, 4.69) is 19.9 Å². The van der Waals surface area contributed by atoms with Crippen LogP contribution in [0.5, 0.6) is 0 Å². The Hall–Kier alpha value is -0.470. The Morgan fingerprint density at radius 2 is 1.78 bits per heavy atom. The zero-order valence-electron chi connectivity index (χ0n) is 14.4. The van der Waals surface area contributed by atoms with Crippen LogP contribution in [0.15, 0.2) is 11.6 Å². The molecule has 3 saturated carbocycles. The first-order valence-electron chi connectivity index (χ1n) is 9.50. The van der Waals surface area contributed by atoms with Gasteiger partial charge in [0.15, 0.2) is 0 Å². The number of alkyl halides is 3. The molecule has 0 spiro atoms. The Labute approximate surface area is 137 Å². The number of fused-ring (bicyclic) bond motifs is 5. The van der Waals surface area contributed by atoms with Crippen LogP contribution in [0, 0.1) is 34.5 Å². The van der Waals surface area contributed by atoms with Gasteiger partial charge in [0.1, 0.15) is 0 Å². The first kappa shape index (κ1) is 16.0. The van der Waals surface area contributed by atoms with Gasteiger partial charge in [-0.15, -0.1) is 0 Å². The molecule has 0 saturated heterocycles. The van der Waals surface area contributed by atoms with Crippen LogP contribution in [0.25, 0.3) is 0 Å². The molecule has 0 unspecified atom stereocenters. The van der Waals surface area contributed by atoms with E-state index in [1.165, 1.54) is 32.1 Å². The van der Waals surface area contributed by atoms with Crippen molar-refractivity contribution in [2.24, 2.45) is 34.5 Å². The zero-order chi connectivity index (χ0) is 16.5. The van der Waals surface area contributed by atoms with Crippen LogP contribution in [-0.4, -0.2) is 6.18 Å². The fourth-order valence-corrected chi connectivity index (χ4v) is 6.93. The molecule has 6 atom stereocenters. The van der Waals surface area contributed by atoms with Crippen molar-refractivity contribution in [3.63, 3.8) is 0 Å². The molecule has 0 nitrogen and oxygen atoms in total. The molecule has 130 valence electrons. The van der Waals surface area contributed by atoms with E-state index in [1.807, 2.05) is 0 Å². The lowest BCUT2D eigenvalue weighted by molar-refractivity contribution is -0.184. The van der Waals surface area contributed by atoms with Crippen LogP contribution >= 0.6 is 0 Å². The van der Waals surface area contributed by atoms with Gasteiger partial charge in [-0.3, -0.25) is 0 Å². The first-order valence-corrected chi connectivity index (χ1v) is 9.50. The average molecular weight is 326 g/mol. The van der Waals surface area contributed by atoms with E-state index >= 15 is 0 Å². The summed E-state index contributed by atoms with van der Waals surface area (Å²) in [5.74, 6) is 1.08. The maximum Gasteiger partial charge on any atom is 0.392 e. The summed E-state index contributed by atoms with van der Waals surface area (Å²) in [5, 5.41) is 0. The Morgan fingerprint density at radius 1 is 1.00 bits per heavy atom. The standard InChI is InChI=1S/C20H29F3/c1-18-9-3-4-16(18)15-6-5-13-12-14(20(21,22)23)7-11-19(13,2)17(15)8-10-18/h5,14-17H,3-4,6-12H2,1-2H3/t14-,15-,16-,17-,18-,19-/m0/s1. The minimum absolute atomic E-state index is 0.0502. The van der Waals surface area contributed by atoms with Gasteiger partial charge in [-0.05, 0) is 80.0 Å². The summed E-state index contributed by atoms with van der Waals surface area (Å²) in [6, 6.07) is 0. The van der Waals surface area contributed by atoms with Gasteiger partial charge in [-0.25, -0.2) is 0 Å². The number of allylic oxidation sites excluding steroid dienone is 2. The van der Waals surface area contributed by atoms with E-state index in [9.17, 15) is 13.2 Å². The molecular formula is C20H29F3. The maximum atomic E-state index is 13.2. The van der Waals surface area contributed by atoms with Crippen molar-refractivity contribution in [3.8, 4) is 0 Å². The van der Waals surface area contributed by atoms with Gasteiger partial charge in [0.05, 0.1) is 5.92 Å². The van der Waals surface area contributed by atoms with E-state index < -0.39 is 12.1 Å². The lowest BCUT2D eigenvalue weighted by Gasteiger charge is -2.57. The van der Waals surface area contributed by atoms with Gasteiger partial charge in [-0.1, -0.05) is 31.9 Å². The fraction of sp³-hybridized carbons (Fsp3) is 0.900. The molecule has 23 heavy (non-hydrogen) atoms. The fourth-order valence-electron chi connectivity index (χ4n) is 6.93. The summed E-state index contributed by atoms with van der Waals surface area (Å²) in [7, 11) is 0. The molecule has 0 radical (unpaired) electrons. The number of hydrogen-bond acceptors (Lipinski definition) is 0. The van der Waals surface area contributed by atoms with Crippen molar-refractivity contribution < 1.29 is 13.2 Å². The summed E-state index contributed by atoms with van der Waals surface area (Å²) in [6.07, 6.45) is 7.22. The normalized spacial score (nSPS) is 49.9. The summed E-state index contributed by atoms with van der Waals surface area (Å²) in [6.45, 7) is 4.77. The minimum Gasteiger partial charge on any atom is -0.171 e.